The molecule has 0 aromatic heterocycles. The highest BCUT2D eigenvalue weighted by Crippen LogP contribution is 2.32. The maximum absolute atomic E-state index is 12.1. The zero-order valence-corrected chi connectivity index (χ0v) is 11.7. The standard InChI is InChI=1S/C12H13NO4S2/c14-10(15)4-1-5-13-11(16)9(19-12(13)18)7-8-3-2-6-17-8/h2,6-8H,1,3-5H2,(H,14,15)/b9-7+. The minimum absolute atomic E-state index is 0.0335. The number of nitrogens with zero attached hydrogens (tertiary/aromatic N) is 1. The summed E-state index contributed by atoms with van der Waals surface area (Å²) in [5.41, 5.74) is 0. The molecule has 19 heavy (non-hydrogen) atoms. The van der Waals surface area contributed by atoms with Gasteiger partial charge in [-0.25, -0.2) is 0 Å². The van der Waals surface area contributed by atoms with E-state index in [2.05, 4.69) is 0 Å². The molecule has 1 fully saturated rings. The van der Waals surface area contributed by atoms with Gasteiger partial charge >= 0.3 is 5.97 Å². The van der Waals surface area contributed by atoms with E-state index in [1.165, 1.54) is 16.7 Å². The number of carboxylic acid groups (broad SMARTS) is 1. The van der Waals surface area contributed by atoms with Gasteiger partial charge in [0.1, 0.15) is 10.4 Å². The molecule has 0 aromatic rings. The van der Waals surface area contributed by atoms with Crippen LogP contribution in [0.4, 0.5) is 0 Å². The van der Waals surface area contributed by atoms with Crippen LogP contribution >= 0.6 is 24.0 Å². The molecule has 1 unspecified atom stereocenters. The van der Waals surface area contributed by atoms with Crippen LogP contribution in [0.1, 0.15) is 19.3 Å². The lowest BCUT2D eigenvalue weighted by Crippen LogP contribution is -2.29. The Hall–Kier alpha value is -1.34. The third kappa shape index (κ3) is 3.57. The monoisotopic (exact) mass is 299 g/mol. The van der Waals surface area contributed by atoms with Crippen molar-refractivity contribution in [1.82, 2.24) is 4.90 Å². The summed E-state index contributed by atoms with van der Waals surface area (Å²) in [4.78, 5) is 24.6. The molecule has 7 heteroatoms. The van der Waals surface area contributed by atoms with Gasteiger partial charge in [-0.3, -0.25) is 14.5 Å². The zero-order chi connectivity index (χ0) is 13.8. The van der Waals surface area contributed by atoms with Crippen LogP contribution in [0, 0.1) is 0 Å². The van der Waals surface area contributed by atoms with Crippen molar-refractivity contribution in [3.05, 3.63) is 23.3 Å². The SMILES string of the molecule is O=C(O)CCCN1C(=O)/C(=C\C2CC=CO2)SC1=S. The van der Waals surface area contributed by atoms with Crippen LogP contribution in [0.2, 0.25) is 0 Å². The summed E-state index contributed by atoms with van der Waals surface area (Å²) in [7, 11) is 0. The van der Waals surface area contributed by atoms with E-state index in [1.54, 1.807) is 12.3 Å². The molecular weight excluding hydrogens is 286 g/mol. The highest BCUT2D eigenvalue weighted by Gasteiger charge is 2.32. The first-order valence-corrected chi connectivity index (χ1v) is 7.08. The Morgan fingerprint density at radius 3 is 3.11 bits per heavy atom. The maximum atomic E-state index is 12.1. The lowest BCUT2D eigenvalue weighted by Gasteiger charge is -2.13. The largest absolute Gasteiger partial charge is 0.494 e. The fraction of sp³-hybridized carbons (Fsp3) is 0.417. The molecule has 0 bridgehead atoms. The molecule has 1 saturated heterocycles. The van der Waals surface area contributed by atoms with Crippen molar-refractivity contribution in [3.8, 4) is 0 Å². The van der Waals surface area contributed by atoms with E-state index in [9.17, 15) is 9.59 Å². The van der Waals surface area contributed by atoms with Gasteiger partial charge in [-0.05, 0) is 18.6 Å². The zero-order valence-electron chi connectivity index (χ0n) is 10.1. The van der Waals surface area contributed by atoms with Crippen molar-refractivity contribution in [2.45, 2.75) is 25.4 Å². The summed E-state index contributed by atoms with van der Waals surface area (Å²) in [5.74, 6) is -1.03. The number of rotatable bonds is 5. The number of ether oxygens (including phenoxy) is 1. The lowest BCUT2D eigenvalue weighted by molar-refractivity contribution is -0.137. The van der Waals surface area contributed by atoms with Gasteiger partial charge in [0, 0.05) is 19.4 Å². The topological polar surface area (TPSA) is 66.8 Å². The Morgan fingerprint density at radius 1 is 1.68 bits per heavy atom. The second-order valence-corrected chi connectivity index (χ2v) is 5.81. The summed E-state index contributed by atoms with van der Waals surface area (Å²) in [6.45, 7) is 0.345. The van der Waals surface area contributed by atoms with Crippen molar-refractivity contribution in [1.29, 1.82) is 0 Å². The van der Waals surface area contributed by atoms with Crippen molar-refractivity contribution in [3.63, 3.8) is 0 Å². The smallest absolute Gasteiger partial charge is 0.303 e. The normalized spacial score (nSPS) is 24.3. The Balaban J connectivity index is 1.94. The Labute approximate surface area is 120 Å². The maximum Gasteiger partial charge on any atom is 0.303 e. The molecule has 0 aromatic carbocycles. The molecule has 1 atom stereocenters. The first-order chi connectivity index (χ1) is 9.08. The summed E-state index contributed by atoms with van der Waals surface area (Å²) in [5, 5.41) is 8.58. The lowest BCUT2D eigenvalue weighted by atomic mass is 10.2. The van der Waals surface area contributed by atoms with E-state index < -0.39 is 5.97 Å². The number of amides is 1. The molecule has 0 aliphatic carbocycles. The summed E-state index contributed by atoms with van der Waals surface area (Å²) in [6.07, 6.45) is 6.37. The first kappa shape index (κ1) is 14.1. The quantitative estimate of drug-likeness (QED) is 0.618. The fourth-order valence-corrected chi connectivity index (χ4v) is 3.11. The average Bonchev–Trinajstić information content (AvgIpc) is 2.93. The van der Waals surface area contributed by atoms with Gasteiger partial charge in [0.15, 0.2) is 0 Å². The van der Waals surface area contributed by atoms with Gasteiger partial charge < -0.3 is 9.84 Å². The summed E-state index contributed by atoms with van der Waals surface area (Å²) >= 11 is 6.38. The minimum atomic E-state index is -0.869. The van der Waals surface area contributed by atoms with Gasteiger partial charge in [-0.1, -0.05) is 24.0 Å². The van der Waals surface area contributed by atoms with E-state index in [-0.39, 0.29) is 18.4 Å². The predicted octanol–water partition coefficient (Wildman–Crippen LogP) is 1.90. The molecule has 1 amide bonds. The van der Waals surface area contributed by atoms with Crippen molar-refractivity contribution < 1.29 is 19.4 Å². The summed E-state index contributed by atoms with van der Waals surface area (Å²) in [6, 6.07) is 0. The minimum Gasteiger partial charge on any atom is -0.494 e. The Morgan fingerprint density at radius 2 is 2.47 bits per heavy atom. The van der Waals surface area contributed by atoms with Crippen LogP contribution in [-0.4, -0.2) is 38.9 Å². The van der Waals surface area contributed by atoms with Gasteiger partial charge in [0.05, 0.1) is 11.2 Å². The number of carboxylic acids is 1. The first-order valence-electron chi connectivity index (χ1n) is 5.85. The molecular formula is C12H13NO4S2. The van der Waals surface area contributed by atoms with Crippen LogP contribution in [0.5, 0.6) is 0 Å². The van der Waals surface area contributed by atoms with Crippen LogP contribution in [0.3, 0.4) is 0 Å². The van der Waals surface area contributed by atoms with Crippen LogP contribution in [-0.2, 0) is 14.3 Å². The number of carbonyl (C=O) groups excluding carboxylic acids is 1. The van der Waals surface area contributed by atoms with Crippen LogP contribution in [0.25, 0.3) is 0 Å². The second-order valence-electron chi connectivity index (χ2n) is 4.13. The number of hydrogen-bond acceptors (Lipinski definition) is 5. The Bertz CT molecular complexity index is 464. The highest BCUT2D eigenvalue weighted by molar-refractivity contribution is 8.26. The molecule has 102 valence electrons. The summed E-state index contributed by atoms with van der Waals surface area (Å²) < 4.78 is 5.76. The molecule has 0 radical (unpaired) electrons. The number of thiocarbonyl (C=S) groups is 1. The van der Waals surface area contributed by atoms with Gasteiger partial charge in [0.25, 0.3) is 5.91 Å². The number of thioether (sulfide) groups is 1. The van der Waals surface area contributed by atoms with Crippen molar-refractivity contribution in [2.24, 2.45) is 0 Å². The van der Waals surface area contributed by atoms with Crippen molar-refractivity contribution >= 4 is 40.2 Å². The number of carbonyl (C=O) groups is 2. The van der Waals surface area contributed by atoms with E-state index in [0.29, 0.717) is 22.2 Å². The predicted molar refractivity (Wildman–Crippen MR) is 75.5 cm³/mol. The van der Waals surface area contributed by atoms with Gasteiger partial charge in [0.2, 0.25) is 0 Å². The average molecular weight is 299 g/mol. The number of aliphatic carboxylic acids is 1. The van der Waals surface area contributed by atoms with Gasteiger partial charge in [-0.15, -0.1) is 0 Å². The highest BCUT2D eigenvalue weighted by atomic mass is 32.2. The molecule has 2 rings (SSSR count). The molecule has 2 aliphatic heterocycles. The van der Waals surface area contributed by atoms with Crippen LogP contribution in [0.15, 0.2) is 23.3 Å². The second kappa shape index (κ2) is 6.21. The van der Waals surface area contributed by atoms with E-state index in [4.69, 9.17) is 22.1 Å². The molecule has 5 nitrogen and oxygen atoms in total. The van der Waals surface area contributed by atoms with E-state index in [0.717, 1.165) is 6.42 Å². The van der Waals surface area contributed by atoms with E-state index >= 15 is 0 Å². The molecule has 1 N–H and O–H groups in total. The molecule has 0 spiro atoms. The van der Waals surface area contributed by atoms with Gasteiger partial charge in [-0.2, -0.15) is 0 Å². The van der Waals surface area contributed by atoms with Crippen molar-refractivity contribution in [2.75, 3.05) is 6.54 Å². The Kier molecular flexibility index (Phi) is 4.60. The number of hydrogen-bond donors (Lipinski definition) is 1. The molecule has 2 aliphatic rings. The third-order valence-corrected chi connectivity index (χ3v) is 4.10. The fourth-order valence-electron chi connectivity index (χ4n) is 1.77. The van der Waals surface area contributed by atoms with E-state index in [1.807, 2.05) is 6.08 Å². The molecule has 0 saturated carbocycles. The van der Waals surface area contributed by atoms with Crippen LogP contribution < -0.4 is 0 Å². The third-order valence-electron chi connectivity index (χ3n) is 2.70. The molecule has 2 heterocycles.